The van der Waals surface area contributed by atoms with Gasteiger partial charge in [-0.1, -0.05) is 0 Å². The average Bonchev–Trinajstić information content (AvgIpc) is 2.36. The van der Waals surface area contributed by atoms with E-state index in [2.05, 4.69) is 5.32 Å². The minimum atomic E-state index is -0.642. The zero-order chi connectivity index (χ0) is 15.3. The van der Waals surface area contributed by atoms with E-state index in [0.29, 0.717) is 5.56 Å². The number of ether oxygens (including phenoxy) is 2. The molecule has 1 amide bonds. The number of nitrogens with one attached hydrogen (secondary N) is 1. The smallest absolute Gasteiger partial charge is 0.308 e. The highest BCUT2D eigenvalue weighted by atomic mass is 16.6. The van der Waals surface area contributed by atoms with Crippen LogP contribution in [0.15, 0.2) is 18.2 Å². The number of hydrogen-bond donors (Lipinski definition) is 1. The standard InChI is InChI=1S/C14H17NO5/c1-8(15-9(2)16)14(18)11-5-6-12(20-10(3)17)13(7-11)19-4/h5-8H,1-4H3,(H,15,16). The normalized spacial score (nSPS) is 11.4. The number of rotatable bonds is 5. The quantitative estimate of drug-likeness (QED) is 0.499. The summed E-state index contributed by atoms with van der Waals surface area (Å²) < 4.78 is 10.0. The fourth-order valence-corrected chi connectivity index (χ4v) is 1.68. The summed E-state index contributed by atoms with van der Waals surface area (Å²) in [4.78, 5) is 34.0. The van der Waals surface area contributed by atoms with E-state index in [9.17, 15) is 14.4 Å². The zero-order valence-electron chi connectivity index (χ0n) is 11.9. The molecular formula is C14H17NO5. The third kappa shape index (κ3) is 4.08. The summed E-state index contributed by atoms with van der Waals surface area (Å²) in [6.45, 7) is 4.21. The van der Waals surface area contributed by atoms with Crippen molar-refractivity contribution < 1.29 is 23.9 Å². The van der Waals surface area contributed by atoms with Gasteiger partial charge in [0.15, 0.2) is 17.3 Å². The molecule has 0 aliphatic rings. The van der Waals surface area contributed by atoms with Crippen LogP contribution in [0, 0.1) is 0 Å². The van der Waals surface area contributed by atoms with Crippen molar-refractivity contribution in [3.63, 3.8) is 0 Å². The maximum atomic E-state index is 12.1. The lowest BCUT2D eigenvalue weighted by Crippen LogP contribution is -2.37. The number of carbonyl (C=O) groups excluding carboxylic acids is 3. The first kappa shape index (κ1) is 15.7. The summed E-state index contributed by atoms with van der Waals surface area (Å²) in [6.07, 6.45) is 0. The summed E-state index contributed by atoms with van der Waals surface area (Å²) in [5.41, 5.74) is 0.360. The second-order valence-electron chi connectivity index (χ2n) is 4.25. The molecule has 108 valence electrons. The fraction of sp³-hybridized carbons (Fsp3) is 0.357. The van der Waals surface area contributed by atoms with Crippen LogP contribution in [-0.2, 0) is 9.59 Å². The molecule has 1 unspecified atom stereocenters. The van der Waals surface area contributed by atoms with Crippen LogP contribution in [0.4, 0.5) is 0 Å². The molecule has 0 bridgehead atoms. The van der Waals surface area contributed by atoms with E-state index in [0.717, 1.165) is 0 Å². The molecule has 0 radical (unpaired) electrons. The van der Waals surface area contributed by atoms with Gasteiger partial charge in [-0.3, -0.25) is 14.4 Å². The number of esters is 1. The second-order valence-corrected chi connectivity index (χ2v) is 4.25. The molecule has 0 saturated heterocycles. The Morgan fingerprint density at radius 3 is 2.30 bits per heavy atom. The van der Waals surface area contributed by atoms with E-state index < -0.39 is 12.0 Å². The largest absolute Gasteiger partial charge is 0.493 e. The predicted molar refractivity (Wildman–Crippen MR) is 71.9 cm³/mol. The van der Waals surface area contributed by atoms with Gasteiger partial charge in [-0.15, -0.1) is 0 Å². The molecule has 0 saturated carbocycles. The predicted octanol–water partition coefficient (Wildman–Crippen LogP) is 1.33. The minimum Gasteiger partial charge on any atom is -0.493 e. The van der Waals surface area contributed by atoms with Crippen LogP contribution in [0.2, 0.25) is 0 Å². The van der Waals surface area contributed by atoms with Crippen LogP contribution in [-0.4, -0.2) is 30.8 Å². The molecule has 0 aliphatic heterocycles. The molecule has 1 N–H and O–H groups in total. The summed E-state index contributed by atoms with van der Waals surface area (Å²) in [5.74, 6) is -0.499. The van der Waals surface area contributed by atoms with Crippen molar-refractivity contribution in [2.75, 3.05) is 7.11 Å². The first-order chi connectivity index (χ1) is 9.35. The van der Waals surface area contributed by atoms with Gasteiger partial charge in [-0.25, -0.2) is 0 Å². The number of methoxy groups -OCH3 is 1. The van der Waals surface area contributed by atoms with E-state index in [-0.39, 0.29) is 23.2 Å². The Hall–Kier alpha value is -2.37. The van der Waals surface area contributed by atoms with E-state index in [1.165, 1.54) is 39.2 Å². The van der Waals surface area contributed by atoms with Crippen molar-refractivity contribution in [3.8, 4) is 11.5 Å². The first-order valence-corrected chi connectivity index (χ1v) is 6.03. The third-order valence-electron chi connectivity index (χ3n) is 2.51. The Bertz CT molecular complexity index is 538. The first-order valence-electron chi connectivity index (χ1n) is 6.03. The molecule has 1 rings (SSSR count). The average molecular weight is 279 g/mol. The van der Waals surface area contributed by atoms with Gasteiger partial charge in [-0.2, -0.15) is 0 Å². The number of amides is 1. The Labute approximate surface area is 117 Å². The van der Waals surface area contributed by atoms with Crippen LogP contribution in [0.25, 0.3) is 0 Å². The van der Waals surface area contributed by atoms with Crippen molar-refractivity contribution in [3.05, 3.63) is 23.8 Å². The highest BCUT2D eigenvalue weighted by Crippen LogP contribution is 2.28. The van der Waals surface area contributed by atoms with Crippen molar-refractivity contribution in [1.29, 1.82) is 0 Å². The van der Waals surface area contributed by atoms with Crippen molar-refractivity contribution in [1.82, 2.24) is 5.32 Å². The molecule has 0 spiro atoms. The molecule has 0 aliphatic carbocycles. The number of ketones is 1. The molecule has 0 fully saturated rings. The molecule has 1 aromatic rings. The number of benzene rings is 1. The highest BCUT2D eigenvalue weighted by molar-refractivity contribution is 6.02. The van der Waals surface area contributed by atoms with Gasteiger partial charge in [0.25, 0.3) is 0 Å². The maximum Gasteiger partial charge on any atom is 0.308 e. The summed E-state index contributed by atoms with van der Waals surface area (Å²) in [5, 5.41) is 2.51. The van der Waals surface area contributed by atoms with Crippen molar-refractivity contribution >= 4 is 17.7 Å². The Morgan fingerprint density at radius 2 is 1.80 bits per heavy atom. The molecule has 6 heteroatoms. The highest BCUT2D eigenvalue weighted by Gasteiger charge is 2.18. The minimum absolute atomic E-state index is 0.240. The molecule has 0 heterocycles. The molecule has 1 atom stereocenters. The van der Waals surface area contributed by atoms with Gasteiger partial charge in [0.05, 0.1) is 13.2 Å². The van der Waals surface area contributed by atoms with Crippen molar-refractivity contribution in [2.24, 2.45) is 0 Å². The molecular weight excluding hydrogens is 262 g/mol. The SMILES string of the molecule is COc1cc(C(=O)C(C)NC(C)=O)ccc1OC(C)=O. The van der Waals surface area contributed by atoms with Crippen LogP contribution >= 0.6 is 0 Å². The molecule has 1 aromatic carbocycles. The van der Waals surface area contributed by atoms with Gasteiger partial charge >= 0.3 is 5.97 Å². The van der Waals surface area contributed by atoms with Gasteiger partial charge in [0.2, 0.25) is 5.91 Å². The second kappa shape index (κ2) is 6.70. The van der Waals surface area contributed by atoms with Crippen LogP contribution < -0.4 is 14.8 Å². The Kier molecular flexibility index (Phi) is 5.25. The monoisotopic (exact) mass is 279 g/mol. The number of Topliss-reactive ketones (excluding diaryl/α,β-unsaturated/α-hetero) is 1. The van der Waals surface area contributed by atoms with Crippen LogP contribution in [0.5, 0.6) is 11.5 Å². The molecule has 0 aromatic heterocycles. The maximum absolute atomic E-state index is 12.1. The summed E-state index contributed by atoms with van der Waals surface area (Å²) >= 11 is 0. The third-order valence-corrected chi connectivity index (χ3v) is 2.51. The van der Waals surface area contributed by atoms with Gasteiger partial charge in [-0.05, 0) is 25.1 Å². The lowest BCUT2D eigenvalue weighted by atomic mass is 10.0. The van der Waals surface area contributed by atoms with Crippen molar-refractivity contribution in [2.45, 2.75) is 26.8 Å². The van der Waals surface area contributed by atoms with Gasteiger partial charge in [0.1, 0.15) is 0 Å². The Balaban J connectivity index is 3.00. The summed E-state index contributed by atoms with van der Waals surface area (Å²) in [7, 11) is 1.41. The van der Waals surface area contributed by atoms with E-state index in [4.69, 9.17) is 9.47 Å². The van der Waals surface area contributed by atoms with Crippen LogP contribution in [0.1, 0.15) is 31.1 Å². The summed E-state index contributed by atoms with van der Waals surface area (Å²) in [6, 6.07) is 3.82. The molecule has 20 heavy (non-hydrogen) atoms. The van der Waals surface area contributed by atoms with Gasteiger partial charge < -0.3 is 14.8 Å². The lowest BCUT2D eigenvalue weighted by Gasteiger charge is -2.13. The molecule has 6 nitrogen and oxygen atoms in total. The van der Waals surface area contributed by atoms with Crippen LogP contribution in [0.3, 0.4) is 0 Å². The Morgan fingerprint density at radius 1 is 1.15 bits per heavy atom. The van der Waals surface area contributed by atoms with E-state index in [1.54, 1.807) is 6.92 Å². The zero-order valence-corrected chi connectivity index (χ0v) is 11.9. The lowest BCUT2D eigenvalue weighted by molar-refractivity contribution is -0.132. The van der Waals surface area contributed by atoms with E-state index >= 15 is 0 Å². The van der Waals surface area contributed by atoms with Gasteiger partial charge in [0, 0.05) is 19.4 Å². The fourth-order valence-electron chi connectivity index (χ4n) is 1.68. The number of hydrogen-bond acceptors (Lipinski definition) is 5. The van der Waals surface area contributed by atoms with E-state index in [1.807, 2.05) is 0 Å². The topological polar surface area (TPSA) is 81.7 Å². The number of carbonyl (C=O) groups is 3.